The van der Waals surface area contributed by atoms with Crippen LogP contribution in [0.4, 0.5) is 5.69 Å². The van der Waals surface area contributed by atoms with Gasteiger partial charge in [0, 0.05) is 23.3 Å². The Bertz CT molecular complexity index is 579. The molecule has 1 aliphatic heterocycles. The first-order chi connectivity index (χ1) is 9.88. The van der Waals surface area contributed by atoms with E-state index >= 15 is 0 Å². The van der Waals surface area contributed by atoms with Gasteiger partial charge in [0.15, 0.2) is 0 Å². The van der Waals surface area contributed by atoms with E-state index < -0.39 is 0 Å². The highest BCUT2D eigenvalue weighted by molar-refractivity contribution is 5.95. The van der Waals surface area contributed by atoms with E-state index in [0.29, 0.717) is 12.6 Å². The molecule has 0 unspecified atom stereocenters. The van der Waals surface area contributed by atoms with Crippen LogP contribution in [0.25, 0.3) is 10.9 Å². The first kappa shape index (κ1) is 13.2. The highest BCUT2D eigenvalue weighted by Gasteiger charge is 2.15. The number of hydrogen-bond donors (Lipinski definition) is 2. The zero-order valence-electron chi connectivity index (χ0n) is 11.9. The van der Waals surface area contributed by atoms with Gasteiger partial charge in [0.1, 0.15) is 11.3 Å². The van der Waals surface area contributed by atoms with Crippen molar-refractivity contribution in [2.24, 2.45) is 0 Å². The molecule has 106 valence electrons. The summed E-state index contributed by atoms with van der Waals surface area (Å²) in [4.78, 5) is 4.48. The Labute approximate surface area is 119 Å². The van der Waals surface area contributed by atoms with E-state index in [4.69, 9.17) is 4.74 Å². The van der Waals surface area contributed by atoms with Gasteiger partial charge in [-0.25, -0.2) is 0 Å². The number of fused-ring (bicyclic) bond motifs is 1. The van der Waals surface area contributed by atoms with Crippen LogP contribution >= 0.6 is 0 Å². The fourth-order valence-electron chi connectivity index (χ4n) is 2.73. The summed E-state index contributed by atoms with van der Waals surface area (Å²) >= 11 is 0. The van der Waals surface area contributed by atoms with Crippen LogP contribution < -0.4 is 15.4 Å². The fraction of sp³-hybridized carbons (Fsp3) is 0.438. The molecule has 0 radical (unpaired) electrons. The van der Waals surface area contributed by atoms with E-state index in [-0.39, 0.29) is 0 Å². The molecule has 0 bridgehead atoms. The van der Waals surface area contributed by atoms with Gasteiger partial charge in [-0.05, 0) is 57.1 Å². The topological polar surface area (TPSA) is 46.2 Å². The lowest BCUT2D eigenvalue weighted by molar-refractivity contribution is 0.343. The number of anilines is 1. The van der Waals surface area contributed by atoms with Crippen LogP contribution in [0, 0.1) is 0 Å². The monoisotopic (exact) mass is 271 g/mol. The normalized spacial score (nSPS) is 16.2. The van der Waals surface area contributed by atoms with Crippen molar-refractivity contribution in [2.45, 2.75) is 25.8 Å². The second-order valence-electron chi connectivity index (χ2n) is 5.11. The van der Waals surface area contributed by atoms with Gasteiger partial charge in [-0.15, -0.1) is 0 Å². The lowest BCUT2D eigenvalue weighted by atomic mass is 10.1. The van der Waals surface area contributed by atoms with E-state index in [0.717, 1.165) is 48.3 Å². The van der Waals surface area contributed by atoms with Gasteiger partial charge in [0.25, 0.3) is 0 Å². The lowest BCUT2D eigenvalue weighted by Gasteiger charge is -2.25. The molecule has 0 spiro atoms. The van der Waals surface area contributed by atoms with Crippen molar-refractivity contribution in [1.29, 1.82) is 0 Å². The highest BCUT2D eigenvalue weighted by atomic mass is 16.5. The van der Waals surface area contributed by atoms with Gasteiger partial charge in [-0.3, -0.25) is 4.98 Å². The third kappa shape index (κ3) is 2.70. The quantitative estimate of drug-likeness (QED) is 0.897. The molecule has 1 saturated heterocycles. The van der Waals surface area contributed by atoms with Crippen LogP contribution in [0.15, 0.2) is 30.5 Å². The number of hydrogen-bond acceptors (Lipinski definition) is 4. The molecule has 2 N–H and O–H groups in total. The van der Waals surface area contributed by atoms with E-state index in [1.165, 1.54) is 0 Å². The molecule has 1 aromatic heterocycles. The highest BCUT2D eigenvalue weighted by Crippen LogP contribution is 2.30. The molecule has 1 aliphatic rings. The number of rotatable bonds is 4. The van der Waals surface area contributed by atoms with Crippen LogP contribution in [0.1, 0.15) is 19.8 Å². The number of pyridine rings is 1. The average Bonchev–Trinajstić information content (AvgIpc) is 2.51. The van der Waals surface area contributed by atoms with Crippen molar-refractivity contribution >= 4 is 16.6 Å². The van der Waals surface area contributed by atoms with Crippen LogP contribution in [-0.4, -0.2) is 30.7 Å². The second kappa shape index (κ2) is 6.09. The number of piperidine rings is 1. The summed E-state index contributed by atoms with van der Waals surface area (Å²) in [6, 6.07) is 8.75. The maximum Gasteiger partial charge on any atom is 0.145 e. The largest absolute Gasteiger partial charge is 0.492 e. The Morgan fingerprint density at radius 2 is 2.15 bits per heavy atom. The van der Waals surface area contributed by atoms with Crippen LogP contribution in [-0.2, 0) is 0 Å². The van der Waals surface area contributed by atoms with Crippen LogP contribution in [0.5, 0.6) is 5.75 Å². The van der Waals surface area contributed by atoms with E-state index in [1.807, 2.05) is 25.3 Å². The molecule has 3 rings (SSSR count). The van der Waals surface area contributed by atoms with Gasteiger partial charge >= 0.3 is 0 Å². The molecule has 0 amide bonds. The lowest BCUT2D eigenvalue weighted by Crippen LogP contribution is -2.35. The molecule has 1 fully saturated rings. The third-order valence-corrected chi connectivity index (χ3v) is 3.73. The summed E-state index contributed by atoms with van der Waals surface area (Å²) in [6.45, 7) is 4.83. The maximum atomic E-state index is 5.66. The smallest absolute Gasteiger partial charge is 0.145 e. The van der Waals surface area contributed by atoms with E-state index in [1.54, 1.807) is 0 Å². The van der Waals surface area contributed by atoms with Crippen molar-refractivity contribution < 1.29 is 4.74 Å². The molecule has 0 aliphatic carbocycles. The molecule has 2 heterocycles. The predicted molar refractivity (Wildman–Crippen MR) is 82.4 cm³/mol. The van der Waals surface area contributed by atoms with Gasteiger partial charge in [-0.1, -0.05) is 0 Å². The molecule has 20 heavy (non-hydrogen) atoms. The molecule has 4 nitrogen and oxygen atoms in total. The molecule has 4 heteroatoms. The number of ether oxygens (including phenoxy) is 1. The second-order valence-corrected chi connectivity index (χ2v) is 5.11. The number of benzene rings is 1. The summed E-state index contributed by atoms with van der Waals surface area (Å²) in [6.07, 6.45) is 4.14. The average molecular weight is 271 g/mol. The van der Waals surface area contributed by atoms with Crippen molar-refractivity contribution in [3.05, 3.63) is 30.5 Å². The Hall–Kier alpha value is -1.81. The van der Waals surface area contributed by atoms with E-state index in [9.17, 15) is 0 Å². The van der Waals surface area contributed by atoms with Gasteiger partial charge in [0.05, 0.1) is 6.61 Å². The molecule has 0 atom stereocenters. The van der Waals surface area contributed by atoms with Crippen molar-refractivity contribution in [1.82, 2.24) is 10.3 Å². The van der Waals surface area contributed by atoms with Crippen molar-refractivity contribution in [3.63, 3.8) is 0 Å². The summed E-state index contributed by atoms with van der Waals surface area (Å²) < 4.78 is 5.66. The predicted octanol–water partition coefficient (Wildman–Crippen LogP) is 2.80. The third-order valence-electron chi connectivity index (χ3n) is 3.73. The standard InChI is InChI=1S/C16H21N3O/c1-2-20-15-6-5-14(13-4-3-9-18-16(13)15)19-12-7-10-17-11-8-12/h3-6,9,12,17,19H,2,7-8,10-11H2,1H3. The summed E-state index contributed by atoms with van der Waals surface area (Å²) in [5, 5.41) is 8.18. The van der Waals surface area contributed by atoms with Crippen LogP contribution in [0.3, 0.4) is 0 Å². The number of aromatic nitrogens is 1. The molecular formula is C16H21N3O. The van der Waals surface area contributed by atoms with Crippen molar-refractivity contribution in [2.75, 3.05) is 25.0 Å². The number of nitrogens with zero attached hydrogens (tertiary/aromatic N) is 1. The minimum atomic E-state index is 0.539. The zero-order valence-corrected chi connectivity index (χ0v) is 11.9. The molecular weight excluding hydrogens is 250 g/mol. The molecule has 2 aromatic rings. The Morgan fingerprint density at radius 1 is 1.30 bits per heavy atom. The Balaban J connectivity index is 1.92. The maximum absolute atomic E-state index is 5.66. The minimum Gasteiger partial charge on any atom is -0.492 e. The molecule has 1 aromatic carbocycles. The summed E-state index contributed by atoms with van der Waals surface area (Å²) in [5.74, 6) is 0.860. The minimum absolute atomic E-state index is 0.539. The first-order valence-corrected chi connectivity index (χ1v) is 7.36. The Kier molecular flexibility index (Phi) is 4.02. The zero-order chi connectivity index (χ0) is 13.8. The molecule has 0 saturated carbocycles. The van der Waals surface area contributed by atoms with Crippen LogP contribution in [0.2, 0.25) is 0 Å². The van der Waals surface area contributed by atoms with Crippen molar-refractivity contribution in [3.8, 4) is 5.75 Å². The SMILES string of the molecule is CCOc1ccc(NC2CCNCC2)c2cccnc12. The van der Waals surface area contributed by atoms with Gasteiger partial charge < -0.3 is 15.4 Å². The first-order valence-electron chi connectivity index (χ1n) is 7.36. The number of nitrogens with one attached hydrogen (secondary N) is 2. The Morgan fingerprint density at radius 3 is 2.95 bits per heavy atom. The van der Waals surface area contributed by atoms with E-state index in [2.05, 4.69) is 27.8 Å². The fourth-order valence-corrected chi connectivity index (χ4v) is 2.73. The van der Waals surface area contributed by atoms with Gasteiger partial charge in [-0.2, -0.15) is 0 Å². The summed E-state index contributed by atoms with van der Waals surface area (Å²) in [5.41, 5.74) is 2.09. The summed E-state index contributed by atoms with van der Waals surface area (Å²) in [7, 11) is 0. The van der Waals surface area contributed by atoms with Gasteiger partial charge in [0.2, 0.25) is 0 Å².